The number of ether oxygens (including phenoxy) is 1. The molecule has 1 aliphatic carbocycles. The van der Waals surface area contributed by atoms with Crippen molar-refractivity contribution in [3.8, 4) is 0 Å². The second-order valence-corrected chi connectivity index (χ2v) is 5.13. The van der Waals surface area contributed by atoms with Gasteiger partial charge in [0.15, 0.2) is 0 Å². The van der Waals surface area contributed by atoms with E-state index in [1.54, 1.807) is 4.68 Å². The van der Waals surface area contributed by atoms with Gasteiger partial charge in [-0.05, 0) is 37.0 Å². The Labute approximate surface area is 117 Å². The van der Waals surface area contributed by atoms with Crippen molar-refractivity contribution >= 4 is 17.0 Å². The number of carbonyl (C=O) groups excluding carboxylic acids is 1. The number of aromatic nitrogens is 3. The van der Waals surface area contributed by atoms with Gasteiger partial charge < -0.3 is 4.74 Å². The molecule has 0 N–H and O–H groups in total. The highest BCUT2D eigenvalue weighted by Crippen LogP contribution is 2.20. The van der Waals surface area contributed by atoms with Crippen LogP contribution in [0.2, 0.25) is 0 Å². The second kappa shape index (κ2) is 5.45. The molecule has 0 amide bonds. The van der Waals surface area contributed by atoms with Crippen LogP contribution in [0.1, 0.15) is 24.8 Å². The number of carbonyl (C=O) groups is 1. The normalized spacial score (nSPS) is 18.4. The van der Waals surface area contributed by atoms with Crippen LogP contribution in [-0.4, -0.2) is 21.0 Å². The van der Waals surface area contributed by atoms with Crippen molar-refractivity contribution in [3.05, 3.63) is 35.9 Å². The molecule has 1 heterocycles. The second-order valence-electron chi connectivity index (χ2n) is 5.13. The van der Waals surface area contributed by atoms with Crippen LogP contribution in [0.15, 0.2) is 30.4 Å². The Morgan fingerprint density at radius 3 is 3.15 bits per heavy atom. The lowest BCUT2D eigenvalue weighted by atomic mass is 9.95. The summed E-state index contributed by atoms with van der Waals surface area (Å²) in [6.45, 7) is 0.297. The predicted molar refractivity (Wildman–Crippen MR) is 74.8 cm³/mol. The molecule has 1 aliphatic rings. The Kier molecular flexibility index (Phi) is 3.50. The van der Waals surface area contributed by atoms with Crippen LogP contribution in [0.4, 0.5) is 0 Å². The minimum atomic E-state index is -0.103. The van der Waals surface area contributed by atoms with Crippen molar-refractivity contribution in [2.24, 2.45) is 13.0 Å². The van der Waals surface area contributed by atoms with Crippen molar-refractivity contribution < 1.29 is 9.53 Å². The summed E-state index contributed by atoms with van der Waals surface area (Å²) in [5.74, 6) is -0.0890. The van der Waals surface area contributed by atoms with E-state index in [-0.39, 0.29) is 11.9 Å². The monoisotopic (exact) mass is 271 g/mol. The third-order valence-corrected chi connectivity index (χ3v) is 3.66. The van der Waals surface area contributed by atoms with E-state index in [0.29, 0.717) is 6.61 Å². The molecule has 3 rings (SSSR count). The zero-order chi connectivity index (χ0) is 13.9. The molecule has 5 heteroatoms. The number of rotatable bonds is 3. The maximum atomic E-state index is 12.0. The first-order valence-electron chi connectivity index (χ1n) is 6.84. The number of nitrogens with zero attached hydrogens (tertiary/aromatic N) is 3. The highest BCUT2D eigenvalue weighted by Gasteiger charge is 2.20. The molecule has 1 atom stereocenters. The van der Waals surface area contributed by atoms with Crippen LogP contribution in [0, 0.1) is 5.92 Å². The molecule has 0 bridgehead atoms. The van der Waals surface area contributed by atoms with Crippen LogP contribution in [0.25, 0.3) is 11.0 Å². The van der Waals surface area contributed by atoms with E-state index in [0.717, 1.165) is 35.9 Å². The van der Waals surface area contributed by atoms with Crippen LogP contribution in [0.5, 0.6) is 0 Å². The summed E-state index contributed by atoms with van der Waals surface area (Å²) < 4.78 is 7.12. The number of aryl methyl sites for hydroxylation is 1. The third kappa shape index (κ3) is 2.57. The standard InChI is InChI=1S/C15H17N3O2/c1-18-14-8-7-11(9-13(14)16-17-18)10-20-15(19)12-5-3-2-4-6-12/h2-3,7-9,12H,4-6,10H2,1H3. The third-order valence-electron chi connectivity index (χ3n) is 3.66. The van der Waals surface area contributed by atoms with Crippen LogP contribution in [0.3, 0.4) is 0 Å². The summed E-state index contributed by atoms with van der Waals surface area (Å²) in [5.41, 5.74) is 2.73. The van der Waals surface area contributed by atoms with Crippen molar-refractivity contribution in [1.82, 2.24) is 15.0 Å². The van der Waals surface area contributed by atoms with Gasteiger partial charge in [-0.3, -0.25) is 4.79 Å². The molecule has 0 radical (unpaired) electrons. The number of benzene rings is 1. The molecular weight excluding hydrogens is 254 g/mol. The van der Waals surface area contributed by atoms with Crippen molar-refractivity contribution in [3.63, 3.8) is 0 Å². The molecular formula is C15H17N3O2. The smallest absolute Gasteiger partial charge is 0.309 e. The predicted octanol–water partition coefficient (Wildman–Crippen LogP) is 2.37. The minimum absolute atomic E-state index is 0.0141. The number of hydrogen-bond donors (Lipinski definition) is 0. The fraction of sp³-hybridized carbons (Fsp3) is 0.400. The molecule has 0 saturated carbocycles. The molecule has 0 spiro atoms. The average Bonchev–Trinajstić information content (AvgIpc) is 2.87. The first kappa shape index (κ1) is 12.8. The van der Waals surface area contributed by atoms with Gasteiger partial charge in [0.1, 0.15) is 12.1 Å². The van der Waals surface area contributed by atoms with Crippen molar-refractivity contribution in [2.75, 3.05) is 0 Å². The van der Waals surface area contributed by atoms with Crippen molar-refractivity contribution in [1.29, 1.82) is 0 Å². The number of fused-ring (bicyclic) bond motifs is 1. The minimum Gasteiger partial charge on any atom is -0.461 e. The average molecular weight is 271 g/mol. The highest BCUT2D eigenvalue weighted by molar-refractivity contribution is 5.75. The Morgan fingerprint density at radius 1 is 1.45 bits per heavy atom. The Morgan fingerprint density at radius 2 is 2.35 bits per heavy atom. The molecule has 1 aromatic heterocycles. The summed E-state index contributed by atoms with van der Waals surface area (Å²) in [5, 5.41) is 8.02. The first-order chi connectivity index (χ1) is 9.74. The van der Waals surface area contributed by atoms with Gasteiger partial charge in [0.2, 0.25) is 0 Å². The molecule has 104 valence electrons. The van der Waals surface area contributed by atoms with Gasteiger partial charge in [0.25, 0.3) is 0 Å². The van der Waals surface area contributed by atoms with Crippen LogP contribution in [-0.2, 0) is 23.2 Å². The number of hydrogen-bond acceptors (Lipinski definition) is 4. The molecule has 20 heavy (non-hydrogen) atoms. The number of allylic oxidation sites excluding steroid dienone is 2. The molecule has 0 aliphatic heterocycles. The Bertz CT molecular complexity index is 660. The summed E-state index contributed by atoms with van der Waals surface area (Å²) in [7, 11) is 1.85. The Balaban J connectivity index is 1.64. The zero-order valence-corrected chi connectivity index (χ0v) is 11.5. The van der Waals surface area contributed by atoms with Gasteiger partial charge in [0, 0.05) is 7.05 Å². The zero-order valence-electron chi connectivity index (χ0n) is 11.5. The van der Waals surface area contributed by atoms with E-state index in [9.17, 15) is 4.79 Å². The van der Waals surface area contributed by atoms with Gasteiger partial charge in [-0.1, -0.05) is 23.4 Å². The fourth-order valence-electron chi connectivity index (χ4n) is 2.46. The van der Waals surface area contributed by atoms with E-state index < -0.39 is 0 Å². The molecule has 2 aromatic rings. The number of esters is 1. The lowest BCUT2D eigenvalue weighted by Crippen LogP contribution is -2.18. The molecule has 0 saturated heterocycles. The highest BCUT2D eigenvalue weighted by atomic mass is 16.5. The van der Waals surface area contributed by atoms with Gasteiger partial charge in [0.05, 0.1) is 11.4 Å². The van der Waals surface area contributed by atoms with Gasteiger partial charge in [-0.15, -0.1) is 5.10 Å². The maximum Gasteiger partial charge on any atom is 0.309 e. The summed E-state index contributed by atoms with van der Waals surface area (Å²) in [4.78, 5) is 12.0. The quantitative estimate of drug-likeness (QED) is 0.635. The van der Waals surface area contributed by atoms with E-state index in [2.05, 4.69) is 22.5 Å². The topological polar surface area (TPSA) is 57.0 Å². The largest absolute Gasteiger partial charge is 0.461 e. The van der Waals surface area contributed by atoms with Crippen LogP contribution < -0.4 is 0 Å². The fourth-order valence-corrected chi connectivity index (χ4v) is 2.46. The molecule has 0 fully saturated rings. The van der Waals surface area contributed by atoms with Gasteiger partial charge >= 0.3 is 5.97 Å². The lowest BCUT2D eigenvalue weighted by Gasteiger charge is -2.16. The van der Waals surface area contributed by atoms with E-state index in [1.807, 2.05) is 25.2 Å². The lowest BCUT2D eigenvalue weighted by molar-refractivity contribution is -0.150. The molecule has 5 nitrogen and oxygen atoms in total. The van der Waals surface area contributed by atoms with Crippen molar-refractivity contribution in [2.45, 2.75) is 25.9 Å². The molecule has 1 unspecified atom stereocenters. The first-order valence-corrected chi connectivity index (χ1v) is 6.84. The van der Waals surface area contributed by atoms with E-state index in [1.165, 1.54) is 0 Å². The summed E-state index contributed by atoms with van der Waals surface area (Å²) in [6, 6.07) is 5.80. The Hall–Kier alpha value is -2.17. The van der Waals surface area contributed by atoms with E-state index in [4.69, 9.17) is 4.74 Å². The maximum absolute atomic E-state index is 12.0. The summed E-state index contributed by atoms with van der Waals surface area (Å²) >= 11 is 0. The summed E-state index contributed by atoms with van der Waals surface area (Å²) in [6.07, 6.45) is 6.82. The van der Waals surface area contributed by atoms with E-state index >= 15 is 0 Å². The van der Waals surface area contributed by atoms with Gasteiger partial charge in [-0.25, -0.2) is 4.68 Å². The molecule has 1 aromatic carbocycles. The van der Waals surface area contributed by atoms with Crippen LogP contribution >= 0.6 is 0 Å². The SMILES string of the molecule is Cn1nnc2cc(COC(=O)C3CC=CCC3)ccc21. The van der Waals surface area contributed by atoms with Gasteiger partial charge in [-0.2, -0.15) is 0 Å².